The fourth-order valence-electron chi connectivity index (χ4n) is 2.73. The molecule has 0 unspecified atom stereocenters. The van der Waals surface area contributed by atoms with Gasteiger partial charge in [-0.25, -0.2) is 9.78 Å². The van der Waals surface area contributed by atoms with Crippen molar-refractivity contribution in [3.05, 3.63) is 33.9 Å². The number of hydrogen-bond acceptors (Lipinski definition) is 6. The number of fused-ring (bicyclic) bond motifs is 1. The molecule has 0 radical (unpaired) electrons. The van der Waals surface area contributed by atoms with E-state index in [2.05, 4.69) is 34.2 Å². The van der Waals surface area contributed by atoms with Gasteiger partial charge in [0.15, 0.2) is 0 Å². The molecule has 1 aromatic carbocycles. The zero-order valence-electron chi connectivity index (χ0n) is 14.3. The quantitative estimate of drug-likeness (QED) is 0.272. The Morgan fingerprint density at radius 1 is 1.29 bits per heavy atom. The number of rotatable bonds is 8. The van der Waals surface area contributed by atoms with Crippen molar-refractivity contribution in [3.63, 3.8) is 0 Å². The normalized spacial score (nSPS) is 14.5. The summed E-state index contributed by atoms with van der Waals surface area (Å²) in [6.45, 7) is 6.07. The molecule has 7 heteroatoms. The molecule has 0 bridgehead atoms. The molecule has 0 atom stereocenters. The standard InChI is InChI=1S/C17H24INO4S/c1-11(8-19)4-5-13-16(20-3)12(2)14-9-22-23-10-15(14)17(13)21-6-7-24-18/h4H,5-10,19H2,1-3H3/b11-4+. The molecule has 0 aromatic heterocycles. The maximum Gasteiger partial charge on any atom is 0.132 e. The maximum absolute atomic E-state index is 6.14. The fraction of sp³-hybridized carbons (Fsp3) is 0.529. The molecule has 0 saturated carbocycles. The Morgan fingerprint density at radius 2 is 2.00 bits per heavy atom. The van der Waals surface area contributed by atoms with Gasteiger partial charge in [-0.2, -0.15) is 0 Å². The van der Waals surface area contributed by atoms with Crippen LogP contribution in [-0.4, -0.2) is 26.0 Å². The molecule has 0 fully saturated rings. The Bertz CT molecular complexity index is 607. The molecule has 0 spiro atoms. The Hall–Kier alpha value is -0.480. The number of ether oxygens (including phenoxy) is 2. The Balaban J connectivity index is 2.52. The minimum atomic E-state index is 0.388. The summed E-state index contributed by atoms with van der Waals surface area (Å²) in [5.41, 5.74) is 11.1. The number of benzene rings is 1. The van der Waals surface area contributed by atoms with Crippen LogP contribution in [0.1, 0.15) is 29.2 Å². The van der Waals surface area contributed by atoms with Crippen molar-refractivity contribution >= 4 is 30.1 Å². The summed E-state index contributed by atoms with van der Waals surface area (Å²) in [6, 6.07) is 0. The summed E-state index contributed by atoms with van der Waals surface area (Å²) in [5, 5.41) is 0. The first-order valence-corrected chi connectivity index (χ1v) is 11.3. The van der Waals surface area contributed by atoms with E-state index in [0.717, 1.165) is 45.1 Å². The zero-order valence-corrected chi connectivity index (χ0v) is 17.3. The molecular formula is C17H24INO4S. The monoisotopic (exact) mass is 465 g/mol. The third kappa shape index (κ3) is 4.57. The second kappa shape index (κ2) is 9.86. The summed E-state index contributed by atoms with van der Waals surface area (Å²) in [6.07, 6.45) is 2.84. The second-order valence-electron chi connectivity index (χ2n) is 5.57. The van der Waals surface area contributed by atoms with Gasteiger partial charge in [-0.3, -0.25) is 0 Å². The lowest BCUT2D eigenvalue weighted by Gasteiger charge is -2.26. The van der Waals surface area contributed by atoms with Crippen molar-refractivity contribution in [2.24, 2.45) is 5.73 Å². The smallest absolute Gasteiger partial charge is 0.132 e. The molecule has 2 rings (SSSR count). The molecule has 0 amide bonds. The summed E-state index contributed by atoms with van der Waals surface area (Å²) in [7, 11) is 3.43. The number of hydrogen-bond donors (Lipinski definition) is 1. The molecular weight excluding hydrogens is 441 g/mol. The molecule has 24 heavy (non-hydrogen) atoms. The van der Waals surface area contributed by atoms with Crippen LogP contribution in [0.25, 0.3) is 0 Å². The van der Waals surface area contributed by atoms with E-state index in [9.17, 15) is 0 Å². The SMILES string of the molecule is COc1c(C)c2c(c(OCCSI)c1C/C=C(\C)CN)COOC2. The third-order valence-corrected chi connectivity index (χ3v) is 5.70. The van der Waals surface area contributed by atoms with Crippen molar-refractivity contribution in [2.45, 2.75) is 33.5 Å². The van der Waals surface area contributed by atoms with Crippen LogP contribution in [0.4, 0.5) is 0 Å². The van der Waals surface area contributed by atoms with Crippen LogP contribution >= 0.6 is 30.1 Å². The lowest BCUT2D eigenvalue weighted by Crippen LogP contribution is -2.16. The Morgan fingerprint density at radius 3 is 2.62 bits per heavy atom. The predicted octanol–water partition coefficient (Wildman–Crippen LogP) is 3.87. The highest BCUT2D eigenvalue weighted by Crippen LogP contribution is 2.42. The number of allylic oxidation sites excluding steroid dienone is 1. The van der Waals surface area contributed by atoms with Crippen LogP contribution in [0.2, 0.25) is 0 Å². The van der Waals surface area contributed by atoms with Gasteiger partial charge in [0, 0.05) is 23.4 Å². The van der Waals surface area contributed by atoms with E-state index in [1.807, 2.05) is 6.92 Å². The van der Waals surface area contributed by atoms with Gasteiger partial charge in [-0.15, -0.1) is 0 Å². The third-order valence-electron chi connectivity index (χ3n) is 4.06. The number of halogens is 1. The zero-order chi connectivity index (χ0) is 17.5. The van der Waals surface area contributed by atoms with Gasteiger partial charge in [-0.1, -0.05) is 20.6 Å². The van der Waals surface area contributed by atoms with Crippen LogP contribution in [-0.2, 0) is 29.4 Å². The Labute approximate surface area is 159 Å². The molecule has 1 aromatic rings. The van der Waals surface area contributed by atoms with E-state index in [1.165, 1.54) is 0 Å². The molecule has 1 heterocycles. The lowest BCUT2D eigenvalue weighted by molar-refractivity contribution is -0.322. The second-order valence-corrected chi connectivity index (χ2v) is 8.06. The molecule has 0 saturated heterocycles. The van der Waals surface area contributed by atoms with Crippen molar-refractivity contribution in [1.82, 2.24) is 0 Å². The fourth-order valence-corrected chi connectivity index (χ4v) is 3.42. The van der Waals surface area contributed by atoms with Crippen LogP contribution < -0.4 is 15.2 Å². The average Bonchev–Trinajstić information content (AvgIpc) is 2.61. The van der Waals surface area contributed by atoms with Crippen molar-refractivity contribution in [2.75, 3.05) is 26.0 Å². The van der Waals surface area contributed by atoms with Gasteiger partial charge < -0.3 is 15.2 Å². The first-order chi connectivity index (χ1) is 11.6. The van der Waals surface area contributed by atoms with E-state index in [4.69, 9.17) is 25.0 Å². The minimum Gasteiger partial charge on any atom is -0.496 e. The van der Waals surface area contributed by atoms with Crippen LogP contribution in [0.3, 0.4) is 0 Å². The van der Waals surface area contributed by atoms with E-state index in [0.29, 0.717) is 32.8 Å². The van der Waals surface area contributed by atoms with Crippen LogP contribution in [0.5, 0.6) is 11.5 Å². The van der Waals surface area contributed by atoms with Crippen LogP contribution in [0.15, 0.2) is 11.6 Å². The first-order valence-electron chi connectivity index (χ1n) is 7.81. The Kier molecular flexibility index (Phi) is 8.15. The molecule has 134 valence electrons. The predicted molar refractivity (Wildman–Crippen MR) is 106 cm³/mol. The molecule has 5 nitrogen and oxygen atoms in total. The number of methoxy groups -OCH3 is 1. The van der Waals surface area contributed by atoms with Gasteiger partial charge in [0.1, 0.15) is 24.7 Å². The van der Waals surface area contributed by atoms with E-state index < -0.39 is 0 Å². The summed E-state index contributed by atoms with van der Waals surface area (Å²) >= 11 is 2.28. The van der Waals surface area contributed by atoms with E-state index >= 15 is 0 Å². The van der Waals surface area contributed by atoms with Gasteiger partial charge >= 0.3 is 0 Å². The summed E-state index contributed by atoms with van der Waals surface area (Å²) < 4.78 is 11.8. The van der Waals surface area contributed by atoms with Crippen LogP contribution in [0, 0.1) is 6.92 Å². The van der Waals surface area contributed by atoms with E-state index in [-0.39, 0.29) is 0 Å². The van der Waals surface area contributed by atoms with Gasteiger partial charge in [0.2, 0.25) is 0 Å². The first kappa shape index (κ1) is 19.8. The molecule has 1 aliphatic rings. The van der Waals surface area contributed by atoms with Crippen molar-refractivity contribution < 1.29 is 19.2 Å². The lowest BCUT2D eigenvalue weighted by atomic mass is 9.93. The van der Waals surface area contributed by atoms with Gasteiger partial charge in [0.25, 0.3) is 0 Å². The summed E-state index contributed by atoms with van der Waals surface area (Å²) in [4.78, 5) is 10.4. The molecule has 1 aliphatic heterocycles. The minimum absolute atomic E-state index is 0.388. The maximum atomic E-state index is 6.14. The summed E-state index contributed by atoms with van der Waals surface area (Å²) in [5.74, 6) is 2.64. The highest BCUT2D eigenvalue weighted by Gasteiger charge is 2.26. The molecule has 0 aliphatic carbocycles. The largest absolute Gasteiger partial charge is 0.496 e. The highest BCUT2D eigenvalue weighted by molar-refractivity contribution is 14.2. The highest BCUT2D eigenvalue weighted by atomic mass is 127. The van der Waals surface area contributed by atoms with Gasteiger partial charge in [-0.05, 0) is 52.6 Å². The van der Waals surface area contributed by atoms with Crippen molar-refractivity contribution in [3.8, 4) is 11.5 Å². The molecule has 2 N–H and O–H groups in total. The number of nitrogens with two attached hydrogens (primary N) is 1. The van der Waals surface area contributed by atoms with Gasteiger partial charge in [0.05, 0.1) is 13.7 Å². The average molecular weight is 465 g/mol. The van der Waals surface area contributed by atoms with Crippen molar-refractivity contribution in [1.29, 1.82) is 0 Å². The van der Waals surface area contributed by atoms with E-state index in [1.54, 1.807) is 16.0 Å². The topological polar surface area (TPSA) is 62.9 Å².